The summed E-state index contributed by atoms with van der Waals surface area (Å²) >= 11 is 1.27. The van der Waals surface area contributed by atoms with Gasteiger partial charge in [-0.3, -0.25) is 4.79 Å². The molecule has 2 aromatic carbocycles. The molecular formula is C23H25N3O6S. The standard InChI is InChI=1S/C23H25N3O6S/c1-28-15-6-7-17(18(12-15)29-2)24-21(27)13-33-22-9-8-16(25-26-22)14-10-19(30-3)23(32-5)20(11-14)31-4/h6-12H,13H2,1-5H3,(H,24,27). The van der Waals surface area contributed by atoms with E-state index in [0.717, 1.165) is 5.56 Å². The zero-order valence-electron chi connectivity index (χ0n) is 19.0. The molecule has 0 bridgehead atoms. The van der Waals surface area contributed by atoms with Crippen LogP contribution in [0.3, 0.4) is 0 Å². The summed E-state index contributed by atoms with van der Waals surface area (Å²) in [6, 6.07) is 12.4. The van der Waals surface area contributed by atoms with Gasteiger partial charge in [0, 0.05) is 11.6 Å². The van der Waals surface area contributed by atoms with Crippen molar-refractivity contribution in [3.8, 4) is 40.0 Å². The predicted molar refractivity (Wildman–Crippen MR) is 126 cm³/mol. The number of thioether (sulfide) groups is 1. The average molecular weight is 472 g/mol. The predicted octanol–water partition coefficient (Wildman–Crippen LogP) is 3.92. The molecule has 0 atom stereocenters. The molecule has 10 heteroatoms. The van der Waals surface area contributed by atoms with Crippen LogP contribution in [0.4, 0.5) is 5.69 Å². The lowest BCUT2D eigenvalue weighted by Gasteiger charge is -2.13. The van der Waals surface area contributed by atoms with E-state index in [1.54, 1.807) is 64.8 Å². The maximum Gasteiger partial charge on any atom is 0.234 e. The van der Waals surface area contributed by atoms with Gasteiger partial charge in [0.05, 0.1) is 52.7 Å². The van der Waals surface area contributed by atoms with Crippen molar-refractivity contribution in [3.63, 3.8) is 0 Å². The molecule has 0 aliphatic rings. The fourth-order valence-electron chi connectivity index (χ4n) is 3.01. The van der Waals surface area contributed by atoms with Crippen LogP contribution in [0.5, 0.6) is 28.7 Å². The van der Waals surface area contributed by atoms with Crippen LogP contribution in [0.25, 0.3) is 11.3 Å². The van der Waals surface area contributed by atoms with Crippen LogP contribution in [-0.2, 0) is 4.79 Å². The Balaban J connectivity index is 1.66. The number of nitrogens with one attached hydrogen (secondary N) is 1. The summed E-state index contributed by atoms with van der Waals surface area (Å²) < 4.78 is 26.6. The molecule has 0 saturated heterocycles. The van der Waals surface area contributed by atoms with E-state index < -0.39 is 0 Å². The molecule has 33 heavy (non-hydrogen) atoms. The fourth-order valence-corrected chi connectivity index (χ4v) is 3.62. The Morgan fingerprint density at radius 2 is 1.52 bits per heavy atom. The van der Waals surface area contributed by atoms with Crippen LogP contribution in [0, 0.1) is 0 Å². The monoisotopic (exact) mass is 471 g/mol. The zero-order chi connectivity index (χ0) is 23.8. The molecule has 3 aromatic rings. The van der Waals surface area contributed by atoms with Crippen molar-refractivity contribution >= 4 is 23.4 Å². The number of ether oxygens (including phenoxy) is 5. The van der Waals surface area contributed by atoms with E-state index in [2.05, 4.69) is 15.5 Å². The van der Waals surface area contributed by atoms with Gasteiger partial charge in [0.15, 0.2) is 11.5 Å². The van der Waals surface area contributed by atoms with E-state index in [9.17, 15) is 4.79 Å². The summed E-state index contributed by atoms with van der Waals surface area (Å²) in [5.41, 5.74) is 1.96. The molecule has 1 N–H and O–H groups in total. The maximum atomic E-state index is 12.4. The highest BCUT2D eigenvalue weighted by atomic mass is 32.2. The lowest BCUT2D eigenvalue weighted by Crippen LogP contribution is -2.14. The van der Waals surface area contributed by atoms with Gasteiger partial charge < -0.3 is 29.0 Å². The first kappa shape index (κ1) is 24.0. The fraction of sp³-hybridized carbons (Fsp3) is 0.261. The average Bonchev–Trinajstić information content (AvgIpc) is 2.86. The quantitative estimate of drug-likeness (QED) is 0.441. The van der Waals surface area contributed by atoms with Gasteiger partial charge in [-0.05, 0) is 36.4 Å². The molecule has 1 heterocycles. The van der Waals surface area contributed by atoms with Gasteiger partial charge in [-0.2, -0.15) is 0 Å². The van der Waals surface area contributed by atoms with E-state index in [1.165, 1.54) is 18.9 Å². The van der Waals surface area contributed by atoms with Crippen molar-refractivity contribution in [2.75, 3.05) is 46.6 Å². The molecule has 9 nitrogen and oxygen atoms in total. The zero-order valence-corrected chi connectivity index (χ0v) is 19.8. The van der Waals surface area contributed by atoms with E-state index in [1.807, 2.05) is 6.07 Å². The Hall–Kier alpha value is -3.66. The summed E-state index contributed by atoms with van der Waals surface area (Å²) in [6.07, 6.45) is 0. The Bertz CT molecular complexity index is 1080. The van der Waals surface area contributed by atoms with E-state index in [-0.39, 0.29) is 11.7 Å². The molecule has 0 unspecified atom stereocenters. The van der Waals surface area contributed by atoms with Crippen LogP contribution in [0.1, 0.15) is 0 Å². The first-order valence-electron chi connectivity index (χ1n) is 9.81. The second-order valence-corrected chi connectivity index (χ2v) is 7.57. The topological polar surface area (TPSA) is 101 Å². The van der Waals surface area contributed by atoms with Crippen molar-refractivity contribution in [1.82, 2.24) is 10.2 Å². The maximum absolute atomic E-state index is 12.4. The van der Waals surface area contributed by atoms with E-state index in [0.29, 0.717) is 45.2 Å². The molecule has 0 saturated carbocycles. The van der Waals surface area contributed by atoms with Gasteiger partial charge in [-0.25, -0.2) is 0 Å². The highest BCUT2D eigenvalue weighted by Crippen LogP contribution is 2.40. The summed E-state index contributed by atoms with van der Waals surface area (Å²) in [6.45, 7) is 0. The number of methoxy groups -OCH3 is 5. The third-order valence-corrected chi connectivity index (χ3v) is 5.55. The van der Waals surface area contributed by atoms with Crippen LogP contribution < -0.4 is 29.0 Å². The van der Waals surface area contributed by atoms with Crippen molar-refractivity contribution in [2.24, 2.45) is 0 Å². The molecule has 0 aliphatic carbocycles. The van der Waals surface area contributed by atoms with Crippen molar-refractivity contribution in [1.29, 1.82) is 0 Å². The number of amides is 1. The lowest BCUT2D eigenvalue weighted by molar-refractivity contribution is -0.113. The first-order chi connectivity index (χ1) is 16.0. The second kappa shape index (κ2) is 11.3. The van der Waals surface area contributed by atoms with Crippen LogP contribution in [-0.4, -0.2) is 57.4 Å². The van der Waals surface area contributed by atoms with Gasteiger partial charge in [0.1, 0.15) is 16.5 Å². The smallest absolute Gasteiger partial charge is 0.234 e. The van der Waals surface area contributed by atoms with Crippen molar-refractivity contribution in [3.05, 3.63) is 42.5 Å². The SMILES string of the molecule is COc1ccc(NC(=O)CSc2ccc(-c3cc(OC)c(OC)c(OC)c3)nn2)c(OC)c1. The molecular weight excluding hydrogens is 446 g/mol. The molecule has 1 aromatic heterocycles. The first-order valence-corrected chi connectivity index (χ1v) is 10.8. The number of aromatic nitrogens is 2. The van der Waals surface area contributed by atoms with Crippen molar-refractivity contribution in [2.45, 2.75) is 5.03 Å². The van der Waals surface area contributed by atoms with E-state index >= 15 is 0 Å². The lowest BCUT2D eigenvalue weighted by atomic mass is 10.1. The number of hydrogen-bond acceptors (Lipinski definition) is 9. The third-order valence-electron chi connectivity index (χ3n) is 4.63. The number of hydrogen-bond donors (Lipinski definition) is 1. The largest absolute Gasteiger partial charge is 0.497 e. The Kier molecular flexibility index (Phi) is 8.20. The highest BCUT2D eigenvalue weighted by Gasteiger charge is 2.15. The summed E-state index contributed by atoms with van der Waals surface area (Å²) in [5, 5.41) is 11.9. The molecule has 1 amide bonds. The number of benzene rings is 2. The second-order valence-electron chi connectivity index (χ2n) is 6.57. The van der Waals surface area contributed by atoms with Gasteiger partial charge in [-0.1, -0.05) is 11.8 Å². The number of carbonyl (C=O) groups excluding carboxylic acids is 1. The molecule has 0 aliphatic heterocycles. The minimum absolute atomic E-state index is 0.160. The normalized spacial score (nSPS) is 10.3. The molecule has 0 fully saturated rings. The number of anilines is 1. The van der Waals surface area contributed by atoms with E-state index in [4.69, 9.17) is 23.7 Å². The van der Waals surface area contributed by atoms with Crippen LogP contribution in [0.15, 0.2) is 47.5 Å². The van der Waals surface area contributed by atoms with Gasteiger partial charge in [0.25, 0.3) is 0 Å². The third kappa shape index (κ3) is 5.78. The minimum Gasteiger partial charge on any atom is -0.497 e. The Labute approximate surface area is 196 Å². The summed E-state index contributed by atoms with van der Waals surface area (Å²) in [4.78, 5) is 12.4. The van der Waals surface area contributed by atoms with Gasteiger partial charge in [0.2, 0.25) is 11.7 Å². The van der Waals surface area contributed by atoms with Gasteiger partial charge in [-0.15, -0.1) is 10.2 Å². The summed E-state index contributed by atoms with van der Waals surface area (Å²) in [5.74, 6) is 2.68. The molecule has 3 rings (SSSR count). The molecule has 0 radical (unpaired) electrons. The van der Waals surface area contributed by atoms with Crippen LogP contribution in [0.2, 0.25) is 0 Å². The van der Waals surface area contributed by atoms with Crippen LogP contribution >= 0.6 is 11.8 Å². The minimum atomic E-state index is -0.195. The Morgan fingerprint density at radius 1 is 0.818 bits per heavy atom. The number of rotatable bonds is 10. The van der Waals surface area contributed by atoms with Gasteiger partial charge >= 0.3 is 0 Å². The highest BCUT2D eigenvalue weighted by molar-refractivity contribution is 7.99. The number of nitrogens with zero attached hydrogens (tertiary/aromatic N) is 2. The molecule has 174 valence electrons. The summed E-state index contributed by atoms with van der Waals surface area (Å²) in [7, 11) is 7.76. The van der Waals surface area contributed by atoms with Crippen molar-refractivity contribution < 1.29 is 28.5 Å². The molecule has 0 spiro atoms. The Morgan fingerprint density at radius 3 is 2.06 bits per heavy atom. The number of carbonyl (C=O) groups is 1.